The molecule has 0 radical (unpaired) electrons. The first-order valence-corrected chi connectivity index (χ1v) is 7.07. The molecule has 1 heterocycles. The van der Waals surface area contributed by atoms with Crippen LogP contribution in [0.3, 0.4) is 0 Å². The zero-order valence-electron chi connectivity index (χ0n) is 10.6. The average Bonchev–Trinajstić information content (AvgIpc) is 2.79. The van der Waals surface area contributed by atoms with E-state index in [4.69, 9.17) is 0 Å². The van der Waals surface area contributed by atoms with Crippen LogP contribution < -0.4 is 0 Å². The Labute approximate surface area is 99.4 Å². The third-order valence-electron chi connectivity index (χ3n) is 4.36. The van der Waals surface area contributed by atoms with Gasteiger partial charge in [-0.05, 0) is 38.5 Å². The maximum absolute atomic E-state index is 12.1. The number of piperidine rings is 1. The molecule has 2 fully saturated rings. The van der Waals surface area contributed by atoms with Gasteiger partial charge in [0.1, 0.15) is 0 Å². The summed E-state index contributed by atoms with van der Waals surface area (Å²) in [7, 11) is 0. The average molecular weight is 223 g/mol. The number of rotatable bonds is 3. The smallest absolute Gasteiger partial charge is 0.222 e. The maximum Gasteiger partial charge on any atom is 0.222 e. The zero-order chi connectivity index (χ0) is 11.4. The van der Waals surface area contributed by atoms with Crippen LogP contribution in [-0.4, -0.2) is 23.4 Å². The van der Waals surface area contributed by atoms with Crippen molar-refractivity contribution in [1.29, 1.82) is 0 Å². The lowest BCUT2D eigenvalue weighted by molar-refractivity contribution is -0.134. The molecule has 1 amide bonds. The summed E-state index contributed by atoms with van der Waals surface area (Å²) in [5.74, 6) is 1.27. The highest BCUT2D eigenvalue weighted by atomic mass is 16.2. The van der Waals surface area contributed by atoms with Gasteiger partial charge in [0.05, 0.1) is 0 Å². The molecule has 0 aromatic carbocycles. The van der Waals surface area contributed by atoms with Gasteiger partial charge in [0.15, 0.2) is 0 Å². The van der Waals surface area contributed by atoms with Crippen molar-refractivity contribution in [3.8, 4) is 0 Å². The van der Waals surface area contributed by atoms with E-state index in [1.165, 1.54) is 44.9 Å². The van der Waals surface area contributed by atoms with Crippen LogP contribution in [0.15, 0.2) is 0 Å². The normalized spacial score (nSPS) is 27.3. The van der Waals surface area contributed by atoms with Crippen molar-refractivity contribution in [2.75, 3.05) is 6.54 Å². The van der Waals surface area contributed by atoms with E-state index in [0.29, 0.717) is 11.9 Å². The highest BCUT2D eigenvalue weighted by Gasteiger charge is 2.24. The van der Waals surface area contributed by atoms with E-state index in [2.05, 4.69) is 11.8 Å². The van der Waals surface area contributed by atoms with E-state index in [-0.39, 0.29) is 0 Å². The summed E-state index contributed by atoms with van der Waals surface area (Å²) in [6.45, 7) is 3.21. The number of hydrogen-bond acceptors (Lipinski definition) is 1. The molecule has 0 spiro atoms. The minimum absolute atomic E-state index is 0.416. The number of carbonyl (C=O) groups is 1. The number of carbonyl (C=O) groups excluding carboxylic acids is 1. The van der Waals surface area contributed by atoms with Gasteiger partial charge in [-0.25, -0.2) is 0 Å². The Hall–Kier alpha value is -0.530. The molecule has 2 rings (SSSR count). The largest absolute Gasteiger partial charge is 0.340 e. The molecule has 2 heteroatoms. The summed E-state index contributed by atoms with van der Waals surface area (Å²) in [4.78, 5) is 14.2. The third-order valence-corrected chi connectivity index (χ3v) is 4.36. The molecule has 2 nitrogen and oxygen atoms in total. The van der Waals surface area contributed by atoms with Gasteiger partial charge in [0, 0.05) is 19.0 Å². The molecule has 1 aliphatic heterocycles. The lowest BCUT2D eigenvalue weighted by Crippen LogP contribution is -2.42. The van der Waals surface area contributed by atoms with Crippen molar-refractivity contribution >= 4 is 5.91 Å². The van der Waals surface area contributed by atoms with Crippen LogP contribution in [0.4, 0.5) is 0 Å². The Kier molecular flexibility index (Phi) is 4.25. The zero-order valence-corrected chi connectivity index (χ0v) is 10.6. The van der Waals surface area contributed by atoms with Gasteiger partial charge < -0.3 is 4.90 Å². The lowest BCUT2D eigenvalue weighted by Gasteiger charge is -2.33. The topological polar surface area (TPSA) is 20.3 Å². The van der Waals surface area contributed by atoms with Gasteiger partial charge in [-0.1, -0.05) is 25.7 Å². The summed E-state index contributed by atoms with van der Waals surface area (Å²) in [6, 6.07) is 0.491. The fourth-order valence-corrected chi connectivity index (χ4v) is 3.24. The first kappa shape index (κ1) is 11.9. The van der Waals surface area contributed by atoms with Crippen molar-refractivity contribution in [2.24, 2.45) is 5.92 Å². The molecule has 0 aromatic heterocycles. The van der Waals surface area contributed by atoms with Crippen LogP contribution in [0, 0.1) is 5.92 Å². The SMILES string of the molecule is CC1CCCCN1C(=O)CCC1CCCC1. The van der Waals surface area contributed by atoms with E-state index in [0.717, 1.165) is 25.3 Å². The van der Waals surface area contributed by atoms with Crippen LogP contribution in [0.1, 0.15) is 64.7 Å². The summed E-state index contributed by atoms with van der Waals surface area (Å²) < 4.78 is 0. The van der Waals surface area contributed by atoms with Crippen LogP contribution >= 0.6 is 0 Å². The predicted molar refractivity (Wildman–Crippen MR) is 66.2 cm³/mol. The van der Waals surface area contributed by atoms with Crippen LogP contribution in [0.25, 0.3) is 0 Å². The molecule has 0 N–H and O–H groups in total. The fourth-order valence-electron chi connectivity index (χ4n) is 3.24. The standard InChI is InChI=1S/C14H25NO/c1-12-6-4-5-11-15(12)14(16)10-9-13-7-2-3-8-13/h12-13H,2-11H2,1H3. The minimum atomic E-state index is 0.416. The second-order valence-corrected chi connectivity index (χ2v) is 5.62. The molecule has 1 unspecified atom stereocenters. The van der Waals surface area contributed by atoms with Gasteiger partial charge >= 0.3 is 0 Å². The van der Waals surface area contributed by atoms with Gasteiger partial charge in [-0.15, -0.1) is 0 Å². The van der Waals surface area contributed by atoms with Crippen molar-refractivity contribution in [3.63, 3.8) is 0 Å². The van der Waals surface area contributed by atoms with Crippen LogP contribution in [0.5, 0.6) is 0 Å². The summed E-state index contributed by atoms with van der Waals surface area (Å²) >= 11 is 0. The van der Waals surface area contributed by atoms with Gasteiger partial charge in [0.25, 0.3) is 0 Å². The molecule has 2 aliphatic rings. The van der Waals surface area contributed by atoms with E-state index >= 15 is 0 Å². The molecule has 1 aliphatic carbocycles. The van der Waals surface area contributed by atoms with E-state index in [1.807, 2.05) is 0 Å². The predicted octanol–water partition coefficient (Wildman–Crippen LogP) is 3.36. The summed E-state index contributed by atoms with van der Waals surface area (Å²) in [5.41, 5.74) is 0. The number of nitrogens with zero attached hydrogens (tertiary/aromatic N) is 1. The molecule has 16 heavy (non-hydrogen) atoms. The second kappa shape index (κ2) is 5.70. The Morgan fingerprint density at radius 1 is 1.12 bits per heavy atom. The van der Waals surface area contributed by atoms with Crippen LogP contribution in [-0.2, 0) is 4.79 Å². The molecule has 0 bridgehead atoms. The van der Waals surface area contributed by atoms with Crippen molar-refractivity contribution in [3.05, 3.63) is 0 Å². The molecule has 1 atom stereocenters. The first-order chi connectivity index (χ1) is 7.77. The minimum Gasteiger partial charge on any atom is -0.340 e. The van der Waals surface area contributed by atoms with Crippen molar-refractivity contribution in [1.82, 2.24) is 4.90 Å². The Bertz CT molecular complexity index is 233. The van der Waals surface area contributed by atoms with Gasteiger partial charge in [-0.3, -0.25) is 4.79 Å². The maximum atomic E-state index is 12.1. The van der Waals surface area contributed by atoms with Crippen molar-refractivity contribution in [2.45, 2.75) is 70.8 Å². The number of hydrogen-bond donors (Lipinski definition) is 0. The first-order valence-electron chi connectivity index (χ1n) is 7.07. The lowest BCUT2D eigenvalue weighted by atomic mass is 9.99. The summed E-state index contributed by atoms with van der Waals surface area (Å²) in [6.07, 6.45) is 11.2. The van der Waals surface area contributed by atoms with Gasteiger partial charge in [-0.2, -0.15) is 0 Å². The van der Waals surface area contributed by atoms with Crippen molar-refractivity contribution < 1.29 is 4.79 Å². The number of likely N-dealkylation sites (tertiary alicyclic amines) is 1. The number of amides is 1. The van der Waals surface area contributed by atoms with Gasteiger partial charge in [0.2, 0.25) is 5.91 Å². The second-order valence-electron chi connectivity index (χ2n) is 5.62. The fraction of sp³-hybridized carbons (Fsp3) is 0.929. The third kappa shape index (κ3) is 2.99. The highest BCUT2D eigenvalue weighted by molar-refractivity contribution is 5.76. The van der Waals surface area contributed by atoms with Crippen LogP contribution in [0.2, 0.25) is 0 Å². The van der Waals surface area contributed by atoms with E-state index < -0.39 is 0 Å². The molecule has 1 saturated carbocycles. The Morgan fingerprint density at radius 3 is 2.50 bits per heavy atom. The molecule has 92 valence electrons. The van der Waals surface area contributed by atoms with E-state index in [1.54, 1.807) is 0 Å². The molecule has 0 aromatic rings. The quantitative estimate of drug-likeness (QED) is 0.718. The highest BCUT2D eigenvalue weighted by Crippen LogP contribution is 2.29. The Morgan fingerprint density at radius 2 is 1.81 bits per heavy atom. The summed E-state index contributed by atoms with van der Waals surface area (Å²) in [5, 5.41) is 0. The Balaban J connectivity index is 1.73. The molecule has 1 saturated heterocycles. The van der Waals surface area contributed by atoms with E-state index in [9.17, 15) is 4.79 Å². The molecular formula is C14H25NO. The monoisotopic (exact) mass is 223 g/mol. The molecular weight excluding hydrogens is 198 g/mol.